The van der Waals surface area contributed by atoms with Crippen LogP contribution in [0, 0.1) is 0 Å². The standard InChI is InChI=1S/C13H21N3O4/c1-4-8-9(5-2)15-16-11(10(8)12(19)20)14-13(3,6-17)7-18/h17-18H,4-7H2,1-3H3,(H,14,16)(H,19,20). The number of carbonyl (C=O) groups is 1. The number of carboxylic acid groups (broad SMARTS) is 1. The molecule has 7 heteroatoms. The number of rotatable bonds is 7. The first-order valence-electron chi connectivity index (χ1n) is 6.54. The van der Waals surface area contributed by atoms with Gasteiger partial charge in [0.05, 0.1) is 24.4 Å². The Hall–Kier alpha value is -1.73. The summed E-state index contributed by atoms with van der Waals surface area (Å²) >= 11 is 0. The van der Waals surface area contributed by atoms with Crippen molar-refractivity contribution >= 4 is 11.8 Å². The molecule has 7 nitrogen and oxygen atoms in total. The molecule has 1 rings (SSSR count). The minimum Gasteiger partial charge on any atom is -0.478 e. The van der Waals surface area contributed by atoms with Gasteiger partial charge in [-0.2, -0.15) is 5.10 Å². The third-order valence-corrected chi connectivity index (χ3v) is 3.18. The molecule has 1 aromatic rings. The van der Waals surface area contributed by atoms with Crippen molar-refractivity contribution < 1.29 is 20.1 Å². The Kier molecular flexibility index (Phi) is 5.41. The van der Waals surface area contributed by atoms with Crippen LogP contribution in [0.15, 0.2) is 0 Å². The van der Waals surface area contributed by atoms with Crippen molar-refractivity contribution in [3.63, 3.8) is 0 Å². The molecule has 4 N–H and O–H groups in total. The minimum atomic E-state index is -1.10. The van der Waals surface area contributed by atoms with E-state index in [0.717, 1.165) is 0 Å². The molecule has 1 aromatic heterocycles. The molecule has 20 heavy (non-hydrogen) atoms. The normalized spacial score (nSPS) is 11.4. The molecule has 0 radical (unpaired) electrons. The highest BCUT2D eigenvalue weighted by atomic mass is 16.4. The lowest BCUT2D eigenvalue weighted by molar-refractivity contribution is 0.0695. The predicted molar refractivity (Wildman–Crippen MR) is 73.9 cm³/mol. The van der Waals surface area contributed by atoms with Crippen molar-refractivity contribution in [1.29, 1.82) is 0 Å². The zero-order valence-corrected chi connectivity index (χ0v) is 12.0. The maximum atomic E-state index is 11.5. The first-order chi connectivity index (χ1) is 9.42. The molecule has 0 spiro atoms. The fourth-order valence-electron chi connectivity index (χ4n) is 1.91. The second-order valence-electron chi connectivity index (χ2n) is 4.86. The minimum absolute atomic E-state index is 0.0486. The number of hydrogen-bond donors (Lipinski definition) is 4. The molecule has 0 aliphatic carbocycles. The maximum absolute atomic E-state index is 11.5. The smallest absolute Gasteiger partial charge is 0.339 e. The molecule has 0 aliphatic rings. The second-order valence-corrected chi connectivity index (χ2v) is 4.86. The van der Waals surface area contributed by atoms with Gasteiger partial charge in [0.25, 0.3) is 0 Å². The van der Waals surface area contributed by atoms with Crippen LogP contribution in [-0.4, -0.2) is 50.2 Å². The van der Waals surface area contributed by atoms with Crippen LogP contribution in [-0.2, 0) is 12.8 Å². The Morgan fingerprint density at radius 2 is 1.80 bits per heavy atom. The first kappa shape index (κ1) is 16.3. The average Bonchev–Trinajstić information content (AvgIpc) is 2.45. The van der Waals surface area contributed by atoms with Crippen molar-refractivity contribution in [2.45, 2.75) is 39.2 Å². The van der Waals surface area contributed by atoms with E-state index in [9.17, 15) is 20.1 Å². The highest BCUT2D eigenvalue weighted by Gasteiger charge is 2.27. The van der Waals surface area contributed by atoms with Crippen LogP contribution in [0.1, 0.15) is 42.4 Å². The molecule has 0 amide bonds. The first-order valence-corrected chi connectivity index (χ1v) is 6.54. The van der Waals surface area contributed by atoms with Gasteiger partial charge < -0.3 is 20.6 Å². The van der Waals surface area contributed by atoms with Gasteiger partial charge >= 0.3 is 5.97 Å². The van der Waals surface area contributed by atoms with E-state index in [4.69, 9.17) is 0 Å². The Morgan fingerprint density at radius 3 is 2.20 bits per heavy atom. The number of aromatic carboxylic acids is 1. The third kappa shape index (κ3) is 3.23. The zero-order chi connectivity index (χ0) is 15.3. The van der Waals surface area contributed by atoms with Crippen molar-refractivity contribution in [3.8, 4) is 0 Å². The number of carboxylic acids is 1. The SMILES string of the molecule is CCc1nnc(NC(C)(CO)CO)c(C(=O)O)c1CC. The van der Waals surface area contributed by atoms with Crippen LogP contribution in [0.25, 0.3) is 0 Å². The lowest BCUT2D eigenvalue weighted by atomic mass is 10.0. The van der Waals surface area contributed by atoms with Crippen LogP contribution in [0.5, 0.6) is 0 Å². The fourth-order valence-corrected chi connectivity index (χ4v) is 1.91. The number of aliphatic hydroxyl groups is 2. The molecule has 0 bridgehead atoms. The second kappa shape index (κ2) is 6.62. The summed E-state index contributed by atoms with van der Waals surface area (Å²) in [6, 6.07) is 0. The van der Waals surface area contributed by atoms with Gasteiger partial charge in [-0.3, -0.25) is 0 Å². The molecule has 0 saturated heterocycles. The van der Waals surface area contributed by atoms with Crippen LogP contribution < -0.4 is 5.32 Å². The van der Waals surface area contributed by atoms with Gasteiger partial charge in [0.2, 0.25) is 0 Å². The summed E-state index contributed by atoms with van der Waals surface area (Å²) in [6.45, 7) is 4.58. The molecule has 0 aromatic carbocycles. The summed E-state index contributed by atoms with van der Waals surface area (Å²) in [5, 5.41) is 38.7. The highest BCUT2D eigenvalue weighted by molar-refractivity contribution is 5.95. The molecule has 112 valence electrons. The predicted octanol–water partition coefficient (Wildman–Crippen LogP) is 0.455. The number of nitrogens with one attached hydrogen (secondary N) is 1. The van der Waals surface area contributed by atoms with E-state index in [1.165, 1.54) is 0 Å². The van der Waals surface area contributed by atoms with Gasteiger partial charge in [-0.15, -0.1) is 5.10 Å². The number of anilines is 1. The van der Waals surface area contributed by atoms with Crippen LogP contribution in [0.3, 0.4) is 0 Å². The molecular weight excluding hydrogens is 262 g/mol. The van der Waals surface area contributed by atoms with Crippen LogP contribution in [0.4, 0.5) is 5.82 Å². The van der Waals surface area contributed by atoms with Crippen LogP contribution in [0.2, 0.25) is 0 Å². The van der Waals surface area contributed by atoms with Gasteiger partial charge in [0.15, 0.2) is 5.82 Å². The Morgan fingerprint density at radius 1 is 1.20 bits per heavy atom. The van der Waals surface area contributed by atoms with Crippen molar-refractivity contribution in [2.75, 3.05) is 18.5 Å². The summed E-state index contributed by atoms with van der Waals surface area (Å²) in [6.07, 6.45) is 1.11. The lowest BCUT2D eigenvalue weighted by Gasteiger charge is -2.27. The number of aliphatic hydroxyl groups excluding tert-OH is 2. The quantitative estimate of drug-likeness (QED) is 0.574. The summed E-state index contributed by atoms with van der Waals surface area (Å²) in [5.74, 6) is -1.04. The highest BCUT2D eigenvalue weighted by Crippen LogP contribution is 2.23. The summed E-state index contributed by atoms with van der Waals surface area (Å²) in [4.78, 5) is 11.5. The number of nitrogens with zero attached hydrogens (tertiary/aromatic N) is 2. The largest absolute Gasteiger partial charge is 0.478 e. The number of aromatic nitrogens is 2. The Balaban J connectivity index is 3.37. The van der Waals surface area contributed by atoms with Gasteiger partial charge in [0.1, 0.15) is 5.56 Å². The molecule has 0 saturated carbocycles. The Labute approximate surface area is 117 Å². The molecule has 0 aliphatic heterocycles. The van der Waals surface area contributed by atoms with Gasteiger partial charge in [-0.05, 0) is 25.3 Å². The van der Waals surface area contributed by atoms with E-state index in [1.807, 2.05) is 13.8 Å². The van der Waals surface area contributed by atoms with E-state index in [0.29, 0.717) is 24.1 Å². The van der Waals surface area contributed by atoms with E-state index in [-0.39, 0.29) is 24.6 Å². The molecular formula is C13H21N3O4. The summed E-state index contributed by atoms with van der Waals surface area (Å²) < 4.78 is 0. The zero-order valence-electron chi connectivity index (χ0n) is 12.0. The van der Waals surface area contributed by atoms with E-state index in [2.05, 4.69) is 15.5 Å². The van der Waals surface area contributed by atoms with Crippen LogP contribution >= 0.6 is 0 Å². The monoisotopic (exact) mass is 283 g/mol. The van der Waals surface area contributed by atoms with E-state index >= 15 is 0 Å². The lowest BCUT2D eigenvalue weighted by Crippen LogP contribution is -2.43. The van der Waals surface area contributed by atoms with Crippen molar-refractivity contribution in [3.05, 3.63) is 16.8 Å². The summed E-state index contributed by atoms with van der Waals surface area (Å²) in [5.41, 5.74) is 0.255. The fraction of sp³-hybridized carbons (Fsp3) is 0.615. The molecule has 0 fully saturated rings. The van der Waals surface area contributed by atoms with E-state index in [1.54, 1.807) is 6.92 Å². The maximum Gasteiger partial charge on any atom is 0.339 e. The number of hydrogen-bond acceptors (Lipinski definition) is 6. The number of aryl methyl sites for hydroxylation is 1. The van der Waals surface area contributed by atoms with Gasteiger partial charge in [0, 0.05) is 0 Å². The Bertz CT molecular complexity index is 487. The molecule has 0 unspecified atom stereocenters. The average molecular weight is 283 g/mol. The molecule has 1 heterocycles. The third-order valence-electron chi connectivity index (χ3n) is 3.18. The summed E-state index contributed by atoms with van der Waals surface area (Å²) in [7, 11) is 0. The molecule has 0 atom stereocenters. The van der Waals surface area contributed by atoms with Gasteiger partial charge in [-0.1, -0.05) is 13.8 Å². The van der Waals surface area contributed by atoms with E-state index < -0.39 is 11.5 Å². The van der Waals surface area contributed by atoms with Crippen molar-refractivity contribution in [1.82, 2.24) is 10.2 Å². The topological polar surface area (TPSA) is 116 Å². The van der Waals surface area contributed by atoms with Crippen molar-refractivity contribution in [2.24, 2.45) is 0 Å². The van der Waals surface area contributed by atoms with Gasteiger partial charge in [-0.25, -0.2) is 4.79 Å².